The molecular weight excluding hydrogens is 226 g/mol. The first-order chi connectivity index (χ1) is 8.69. The Balaban J connectivity index is 1.77. The van der Waals surface area contributed by atoms with Crippen LogP contribution in [0.25, 0.3) is 0 Å². The van der Waals surface area contributed by atoms with Crippen molar-refractivity contribution in [3.05, 3.63) is 0 Å². The lowest BCUT2D eigenvalue weighted by Crippen LogP contribution is -2.46. The zero-order valence-corrected chi connectivity index (χ0v) is 11.6. The number of nitrogens with two attached hydrogens (primary N) is 1. The van der Waals surface area contributed by atoms with Gasteiger partial charge in [0.1, 0.15) is 0 Å². The average Bonchev–Trinajstić information content (AvgIpc) is 2.41. The van der Waals surface area contributed by atoms with Crippen LogP contribution in [0.5, 0.6) is 0 Å². The summed E-state index contributed by atoms with van der Waals surface area (Å²) in [5, 5.41) is 0. The zero-order valence-electron chi connectivity index (χ0n) is 11.6. The molecule has 2 rings (SSSR count). The molecule has 2 N–H and O–H groups in total. The van der Waals surface area contributed by atoms with E-state index in [9.17, 15) is 4.79 Å². The topological polar surface area (TPSA) is 49.6 Å². The third-order valence-corrected chi connectivity index (χ3v) is 4.44. The van der Waals surface area contributed by atoms with Crippen LogP contribution < -0.4 is 5.73 Å². The monoisotopic (exact) mass is 253 g/mol. The third-order valence-electron chi connectivity index (χ3n) is 4.44. The van der Waals surface area contributed by atoms with Gasteiger partial charge in [-0.05, 0) is 50.6 Å². The quantitative estimate of drug-likeness (QED) is 0.813. The first kappa shape index (κ1) is 13.8. The van der Waals surface area contributed by atoms with E-state index in [0.29, 0.717) is 5.92 Å². The normalized spacial score (nSPS) is 27.4. The van der Waals surface area contributed by atoms with Gasteiger partial charge in [0.15, 0.2) is 0 Å². The van der Waals surface area contributed by atoms with E-state index in [2.05, 4.69) is 11.8 Å². The lowest BCUT2D eigenvalue weighted by atomic mass is 9.94. The molecule has 2 heterocycles. The Kier molecular flexibility index (Phi) is 5.01. The van der Waals surface area contributed by atoms with Gasteiger partial charge in [-0.25, -0.2) is 0 Å². The smallest absolute Gasteiger partial charge is 0.236 e. The van der Waals surface area contributed by atoms with E-state index in [1.807, 2.05) is 4.90 Å². The van der Waals surface area contributed by atoms with Gasteiger partial charge < -0.3 is 15.5 Å². The van der Waals surface area contributed by atoms with Gasteiger partial charge >= 0.3 is 0 Å². The molecule has 0 aromatic carbocycles. The highest BCUT2D eigenvalue weighted by Crippen LogP contribution is 2.21. The van der Waals surface area contributed by atoms with Crippen LogP contribution in [0.1, 0.15) is 32.6 Å². The van der Waals surface area contributed by atoms with Crippen molar-refractivity contribution >= 4 is 5.91 Å². The maximum atomic E-state index is 11.6. The van der Waals surface area contributed by atoms with Crippen molar-refractivity contribution in [1.82, 2.24) is 9.80 Å². The summed E-state index contributed by atoms with van der Waals surface area (Å²) in [6, 6.07) is 0. The van der Waals surface area contributed by atoms with Crippen LogP contribution >= 0.6 is 0 Å². The van der Waals surface area contributed by atoms with Crippen LogP contribution in [-0.2, 0) is 4.79 Å². The summed E-state index contributed by atoms with van der Waals surface area (Å²) < 4.78 is 0. The van der Waals surface area contributed by atoms with Crippen molar-refractivity contribution < 1.29 is 4.79 Å². The Morgan fingerprint density at radius 3 is 2.61 bits per heavy atom. The summed E-state index contributed by atoms with van der Waals surface area (Å²) >= 11 is 0. The molecule has 0 aliphatic carbocycles. The highest BCUT2D eigenvalue weighted by atomic mass is 16.2. The molecular formula is C14H27N3O. The van der Waals surface area contributed by atoms with Gasteiger partial charge in [-0.2, -0.15) is 0 Å². The molecule has 0 radical (unpaired) electrons. The number of rotatable bonds is 3. The Morgan fingerprint density at radius 1 is 1.22 bits per heavy atom. The Bertz CT molecular complexity index is 274. The second kappa shape index (κ2) is 6.53. The molecule has 0 spiro atoms. The van der Waals surface area contributed by atoms with Crippen molar-refractivity contribution in [2.24, 2.45) is 17.6 Å². The molecule has 2 fully saturated rings. The molecule has 2 aliphatic rings. The van der Waals surface area contributed by atoms with Gasteiger partial charge in [-0.15, -0.1) is 0 Å². The predicted octanol–water partition coefficient (Wildman–Crippen LogP) is 0.916. The first-order valence-electron chi connectivity index (χ1n) is 7.39. The minimum absolute atomic E-state index is 0.118. The Hall–Kier alpha value is -0.610. The molecule has 1 unspecified atom stereocenters. The summed E-state index contributed by atoms with van der Waals surface area (Å²) in [7, 11) is 0. The number of piperidine rings is 2. The van der Waals surface area contributed by atoms with E-state index in [1.165, 1.54) is 38.9 Å². The van der Waals surface area contributed by atoms with Crippen molar-refractivity contribution in [2.45, 2.75) is 32.6 Å². The molecule has 0 aromatic heterocycles. The van der Waals surface area contributed by atoms with Crippen LogP contribution in [0.3, 0.4) is 0 Å². The van der Waals surface area contributed by atoms with E-state index in [1.54, 1.807) is 0 Å². The van der Waals surface area contributed by atoms with Crippen LogP contribution in [0.4, 0.5) is 0 Å². The highest BCUT2D eigenvalue weighted by Gasteiger charge is 2.25. The van der Waals surface area contributed by atoms with Crippen molar-refractivity contribution in [3.8, 4) is 0 Å². The summed E-state index contributed by atoms with van der Waals surface area (Å²) in [6.07, 6.45) is 5.07. The average molecular weight is 253 g/mol. The van der Waals surface area contributed by atoms with E-state index >= 15 is 0 Å². The Morgan fingerprint density at radius 2 is 1.94 bits per heavy atom. The minimum atomic E-state index is 0.118. The maximum absolute atomic E-state index is 11.6. The fourth-order valence-electron chi connectivity index (χ4n) is 3.18. The molecule has 2 saturated heterocycles. The third kappa shape index (κ3) is 3.69. The van der Waals surface area contributed by atoms with Gasteiger partial charge in [0.05, 0.1) is 6.54 Å². The minimum Gasteiger partial charge on any atom is -0.341 e. The molecule has 2 aliphatic heterocycles. The second-order valence-corrected chi connectivity index (χ2v) is 6.04. The van der Waals surface area contributed by atoms with E-state index < -0.39 is 0 Å². The number of likely N-dealkylation sites (tertiary alicyclic amines) is 2. The van der Waals surface area contributed by atoms with Gasteiger partial charge in [0.2, 0.25) is 5.91 Å². The molecule has 1 amide bonds. The standard InChI is InChI=1S/C14H27N3O/c1-12-4-7-16(8-5-12)10-13-3-2-6-17(11-13)14(18)9-15/h12-13H,2-11,15H2,1H3. The van der Waals surface area contributed by atoms with Crippen LogP contribution in [0.15, 0.2) is 0 Å². The molecule has 104 valence electrons. The van der Waals surface area contributed by atoms with E-state index in [-0.39, 0.29) is 12.5 Å². The SMILES string of the molecule is CC1CCN(CC2CCCN(C(=O)CN)C2)CC1. The second-order valence-electron chi connectivity index (χ2n) is 6.04. The van der Waals surface area contributed by atoms with Gasteiger partial charge in [-0.3, -0.25) is 4.79 Å². The van der Waals surface area contributed by atoms with Crippen molar-refractivity contribution in [3.63, 3.8) is 0 Å². The van der Waals surface area contributed by atoms with Crippen LogP contribution in [0.2, 0.25) is 0 Å². The van der Waals surface area contributed by atoms with Gasteiger partial charge in [-0.1, -0.05) is 6.92 Å². The number of amides is 1. The van der Waals surface area contributed by atoms with Crippen molar-refractivity contribution in [2.75, 3.05) is 39.3 Å². The lowest BCUT2D eigenvalue weighted by Gasteiger charge is -2.37. The lowest BCUT2D eigenvalue weighted by molar-refractivity contribution is -0.131. The molecule has 4 heteroatoms. The molecule has 4 nitrogen and oxygen atoms in total. The fraction of sp³-hybridized carbons (Fsp3) is 0.929. The summed E-state index contributed by atoms with van der Waals surface area (Å²) in [5.41, 5.74) is 5.45. The van der Waals surface area contributed by atoms with Crippen LogP contribution in [-0.4, -0.2) is 55.0 Å². The summed E-state index contributed by atoms with van der Waals surface area (Å²) in [6.45, 7) is 7.98. The molecule has 0 saturated carbocycles. The van der Waals surface area contributed by atoms with Crippen molar-refractivity contribution in [1.29, 1.82) is 0 Å². The first-order valence-corrected chi connectivity index (χ1v) is 7.39. The highest BCUT2D eigenvalue weighted by molar-refractivity contribution is 5.78. The number of carbonyl (C=O) groups is 1. The number of nitrogens with zero attached hydrogens (tertiary/aromatic N) is 2. The predicted molar refractivity (Wildman–Crippen MR) is 73.2 cm³/mol. The number of hydrogen-bond acceptors (Lipinski definition) is 3. The zero-order chi connectivity index (χ0) is 13.0. The molecule has 1 atom stereocenters. The fourth-order valence-corrected chi connectivity index (χ4v) is 3.18. The molecule has 0 aromatic rings. The largest absolute Gasteiger partial charge is 0.341 e. The summed E-state index contributed by atoms with van der Waals surface area (Å²) in [5.74, 6) is 1.66. The maximum Gasteiger partial charge on any atom is 0.236 e. The van der Waals surface area contributed by atoms with E-state index in [0.717, 1.165) is 25.4 Å². The van der Waals surface area contributed by atoms with Gasteiger partial charge in [0, 0.05) is 19.6 Å². The molecule has 0 bridgehead atoms. The Labute approximate surface area is 110 Å². The number of carbonyl (C=O) groups excluding carboxylic acids is 1. The molecule has 18 heavy (non-hydrogen) atoms. The van der Waals surface area contributed by atoms with Crippen LogP contribution in [0, 0.1) is 11.8 Å². The number of hydrogen-bond donors (Lipinski definition) is 1. The summed E-state index contributed by atoms with van der Waals surface area (Å²) in [4.78, 5) is 16.2. The van der Waals surface area contributed by atoms with Gasteiger partial charge in [0.25, 0.3) is 0 Å². The van der Waals surface area contributed by atoms with E-state index in [4.69, 9.17) is 5.73 Å².